The van der Waals surface area contributed by atoms with Crippen LogP contribution < -0.4 is 5.32 Å². The van der Waals surface area contributed by atoms with Gasteiger partial charge >= 0.3 is 0 Å². The summed E-state index contributed by atoms with van der Waals surface area (Å²) >= 11 is 1.88. The fourth-order valence-electron chi connectivity index (χ4n) is 1.58. The zero-order valence-corrected chi connectivity index (χ0v) is 7.79. The van der Waals surface area contributed by atoms with Gasteiger partial charge in [0, 0.05) is 4.88 Å². The highest BCUT2D eigenvalue weighted by Gasteiger charge is 2.44. The molecule has 11 heavy (non-hydrogen) atoms. The van der Waals surface area contributed by atoms with Crippen molar-refractivity contribution in [3.63, 3.8) is 0 Å². The predicted octanol–water partition coefficient (Wildman–Crippen LogP) is 2.27. The summed E-state index contributed by atoms with van der Waals surface area (Å²) in [5, 5.41) is 5.59. The average molecular weight is 167 g/mol. The molecule has 1 fully saturated rings. The Kier molecular flexibility index (Phi) is 1.55. The number of thiophene rings is 1. The molecule has 1 aliphatic rings. The molecule has 0 aliphatic heterocycles. The Balaban J connectivity index is 2.35. The van der Waals surface area contributed by atoms with E-state index >= 15 is 0 Å². The maximum atomic E-state index is 3.41. The third-order valence-electron chi connectivity index (χ3n) is 2.53. The van der Waals surface area contributed by atoms with E-state index in [4.69, 9.17) is 0 Å². The zero-order valence-electron chi connectivity index (χ0n) is 6.98. The highest BCUT2D eigenvalue weighted by Crippen LogP contribution is 2.48. The van der Waals surface area contributed by atoms with Crippen LogP contribution in [0.1, 0.15) is 23.3 Å². The summed E-state index contributed by atoms with van der Waals surface area (Å²) in [6.45, 7) is 2.20. The molecular weight excluding hydrogens is 154 g/mol. The summed E-state index contributed by atoms with van der Waals surface area (Å²) in [5.74, 6) is 0. The molecule has 1 N–H and O–H groups in total. The van der Waals surface area contributed by atoms with Gasteiger partial charge in [-0.3, -0.25) is 0 Å². The minimum Gasteiger partial charge on any atom is -0.310 e. The molecule has 2 heteroatoms. The Bertz CT molecular complexity index is 260. The number of nitrogens with one attached hydrogen (secondary N) is 1. The minimum atomic E-state index is 0.373. The molecule has 1 saturated carbocycles. The molecular formula is C9H13NS. The van der Waals surface area contributed by atoms with Gasteiger partial charge in [0.2, 0.25) is 0 Å². The molecule has 1 aromatic rings. The first-order valence-electron chi connectivity index (χ1n) is 4.02. The SMILES string of the molecule is CNC1(c2sccc2C)CC1. The van der Waals surface area contributed by atoms with Crippen LogP contribution in [0.2, 0.25) is 0 Å². The van der Waals surface area contributed by atoms with Crippen LogP contribution in [0.4, 0.5) is 0 Å². The number of hydrogen-bond acceptors (Lipinski definition) is 2. The normalized spacial score (nSPS) is 20.2. The first kappa shape index (κ1) is 7.32. The lowest BCUT2D eigenvalue weighted by molar-refractivity contribution is 0.594. The molecule has 2 rings (SSSR count). The summed E-state index contributed by atoms with van der Waals surface area (Å²) in [6.07, 6.45) is 2.62. The van der Waals surface area contributed by atoms with Crippen LogP contribution >= 0.6 is 11.3 Å². The van der Waals surface area contributed by atoms with Crippen molar-refractivity contribution in [1.82, 2.24) is 5.32 Å². The quantitative estimate of drug-likeness (QED) is 0.712. The highest BCUT2D eigenvalue weighted by molar-refractivity contribution is 7.10. The lowest BCUT2D eigenvalue weighted by atomic mass is 10.1. The summed E-state index contributed by atoms with van der Waals surface area (Å²) < 4.78 is 0. The molecule has 0 atom stereocenters. The topological polar surface area (TPSA) is 12.0 Å². The van der Waals surface area contributed by atoms with Gasteiger partial charge in [-0.25, -0.2) is 0 Å². The lowest BCUT2D eigenvalue weighted by Crippen LogP contribution is -2.23. The van der Waals surface area contributed by atoms with E-state index in [2.05, 4.69) is 30.7 Å². The number of hydrogen-bond donors (Lipinski definition) is 1. The fraction of sp³-hybridized carbons (Fsp3) is 0.556. The Morgan fingerprint density at radius 3 is 2.64 bits per heavy atom. The summed E-state index contributed by atoms with van der Waals surface area (Å²) in [5.41, 5.74) is 1.82. The predicted molar refractivity (Wildman–Crippen MR) is 49.0 cm³/mol. The van der Waals surface area contributed by atoms with E-state index in [1.54, 1.807) is 4.88 Å². The maximum absolute atomic E-state index is 3.41. The summed E-state index contributed by atoms with van der Waals surface area (Å²) in [6, 6.07) is 2.21. The standard InChI is InChI=1S/C9H13NS/c1-7-3-6-11-8(7)9(10-2)4-5-9/h3,6,10H,4-5H2,1-2H3. The lowest BCUT2D eigenvalue weighted by Gasteiger charge is -2.12. The van der Waals surface area contributed by atoms with Gasteiger partial charge in [-0.05, 0) is 43.8 Å². The zero-order chi connectivity index (χ0) is 7.90. The van der Waals surface area contributed by atoms with Gasteiger partial charge in [-0.15, -0.1) is 11.3 Å². The van der Waals surface area contributed by atoms with Crippen molar-refractivity contribution in [2.24, 2.45) is 0 Å². The van der Waals surface area contributed by atoms with Crippen molar-refractivity contribution in [3.05, 3.63) is 21.9 Å². The van der Waals surface area contributed by atoms with Crippen LogP contribution in [0.25, 0.3) is 0 Å². The van der Waals surface area contributed by atoms with Gasteiger partial charge in [0.05, 0.1) is 5.54 Å². The first-order valence-corrected chi connectivity index (χ1v) is 4.90. The molecule has 0 saturated heterocycles. The molecule has 1 nitrogen and oxygen atoms in total. The molecule has 60 valence electrons. The fourth-order valence-corrected chi connectivity index (χ4v) is 2.77. The van der Waals surface area contributed by atoms with Gasteiger partial charge in [-0.1, -0.05) is 0 Å². The molecule has 0 unspecified atom stereocenters. The van der Waals surface area contributed by atoms with Gasteiger partial charge in [-0.2, -0.15) is 0 Å². The van der Waals surface area contributed by atoms with E-state index in [0.717, 1.165) is 0 Å². The van der Waals surface area contributed by atoms with Gasteiger partial charge in [0.25, 0.3) is 0 Å². The van der Waals surface area contributed by atoms with Crippen molar-refractivity contribution < 1.29 is 0 Å². The van der Waals surface area contributed by atoms with E-state index in [9.17, 15) is 0 Å². The van der Waals surface area contributed by atoms with Crippen LogP contribution in [0.5, 0.6) is 0 Å². The van der Waals surface area contributed by atoms with Crippen LogP contribution in [0.15, 0.2) is 11.4 Å². The van der Waals surface area contributed by atoms with Crippen molar-refractivity contribution in [1.29, 1.82) is 0 Å². The second-order valence-electron chi connectivity index (χ2n) is 3.26. The second kappa shape index (κ2) is 2.32. The Morgan fingerprint density at radius 2 is 2.27 bits per heavy atom. The van der Waals surface area contributed by atoms with E-state index < -0.39 is 0 Å². The smallest absolute Gasteiger partial charge is 0.0530 e. The Labute approximate surface area is 71.4 Å². The Morgan fingerprint density at radius 1 is 1.55 bits per heavy atom. The third-order valence-corrected chi connectivity index (χ3v) is 3.75. The van der Waals surface area contributed by atoms with Crippen LogP contribution in [0.3, 0.4) is 0 Å². The molecule has 1 heterocycles. The number of aryl methyl sites for hydroxylation is 1. The van der Waals surface area contributed by atoms with Crippen LogP contribution in [0, 0.1) is 6.92 Å². The van der Waals surface area contributed by atoms with E-state index in [1.165, 1.54) is 18.4 Å². The average Bonchev–Trinajstić information content (AvgIpc) is 2.70. The third kappa shape index (κ3) is 1.01. The first-order chi connectivity index (χ1) is 5.28. The number of rotatable bonds is 2. The second-order valence-corrected chi connectivity index (χ2v) is 4.18. The maximum Gasteiger partial charge on any atom is 0.0530 e. The van der Waals surface area contributed by atoms with Crippen molar-refractivity contribution in [2.45, 2.75) is 25.3 Å². The Hall–Kier alpha value is -0.340. The van der Waals surface area contributed by atoms with Crippen molar-refractivity contribution in [3.8, 4) is 0 Å². The van der Waals surface area contributed by atoms with Gasteiger partial charge in [0.1, 0.15) is 0 Å². The summed E-state index contributed by atoms with van der Waals surface area (Å²) in [4.78, 5) is 1.54. The van der Waals surface area contributed by atoms with E-state index in [0.29, 0.717) is 5.54 Å². The van der Waals surface area contributed by atoms with Crippen molar-refractivity contribution >= 4 is 11.3 Å². The van der Waals surface area contributed by atoms with Gasteiger partial charge < -0.3 is 5.32 Å². The van der Waals surface area contributed by atoms with E-state index in [-0.39, 0.29) is 0 Å². The van der Waals surface area contributed by atoms with E-state index in [1.807, 2.05) is 11.3 Å². The van der Waals surface area contributed by atoms with Crippen LogP contribution in [-0.4, -0.2) is 7.05 Å². The molecule has 0 amide bonds. The molecule has 0 bridgehead atoms. The molecule has 1 aromatic heterocycles. The van der Waals surface area contributed by atoms with Crippen molar-refractivity contribution in [2.75, 3.05) is 7.05 Å². The monoisotopic (exact) mass is 167 g/mol. The molecule has 0 radical (unpaired) electrons. The van der Waals surface area contributed by atoms with Gasteiger partial charge in [0.15, 0.2) is 0 Å². The minimum absolute atomic E-state index is 0.373. The van der Waals surface area contributed by atoms with Crippen LogP contribution in [-0.2, 0) is 5.54 Å². The molecule has 0 spiro atoms. The highest BCUT2D eigenvalue weighted by atomic mass is 32.1. The molecule has 0 aromatic carbocycles. The summed E-state index contributed by atoms with van der Waals surface area (Å²) in [7, 11) is 2.06. The molecule has 1 aliphatic carbocycles. The largest absolute Gasteiger partial charge is 0.310 e.